The summed E-state index contributed by atoms with van der Waals surface area (Å²) in [5.74, 6) is 5.24. The molecule has 0 saturated heterocycles. The number of nitrogens with one attached hydrogen (secondary N) is 1. The number of rotatable bonds is 6. The van der Waals surface area contributed by atoms with E-state index in [-0.39, 0.29) is 18.6 Å². The molecule has 1 atom stereocenters. The maximum atomic E-state index is 12.0. The van der Waals surface area contributed by atoms with Crippen LogP contribution in [0.15, 0.2) is 11.4 Å². The summed E-state index contributed by atoms with van der Waals surface area (Å²) in [5, 5.41) is 13.3. The molecule has 0 radical (unpaired) electrons. The maximum Gasteiger partial charge on any atom is 0.252 e. The highest BCUT2D eigenvalue weighted by Crippen LogP contribution is 2.14. The number of methoxy groups -OCH3 is 1. The minimum absolute atomic E-state index is 0.0365. The van der Waals surface area contributed by atoms with Gasteiger partial charge in [0.1, 0.15) is 6.61 Å². The summed E-state index contributed by atoms with van der Waals surface area (Å²) in [6.45, 7) is 2.41. The van der Waals surface area contributed by atoms with Crippen LogP contribution in [-0.2, 0) is 4.74 Å². The minimum Gasteiger partial charge on any atom is -0.384 e. The molecule has 0 bridgehead atoms. The zero-order valence-corrected chi connectivity index (χ0v) is 12.0. The number of carbonyl (C=O) groups excluding carboxylic acids is 1. The van der Waals surface area contributed by atoms with Crippen molar-refractivity contribution in [2.75, 3.05) is 20.3 Å². The molecule has 0 spiro atoms. The van der Waals surface area contributed by atoms with Gasteiger partial charge in [-0.3, -0.25) is 4.79 Å². The Morgan fingerprint density at radius 3 is 3.05 bits per heavy atom. The van der Waals surface area contributed by atoms with Crippen LogP contribution in [0.1, 0.15) is 35.0 Å². The van der Waals surface area contributed by atoms with Crippen LogP contribution in [0, 0.1) is 11.8 Å². The standard InChI is InChI=1S/C14H19NO3S/c1-3-5-12(9-18-2)15-14(17)11-8-13(19-10-11)6-4-7-16/h8,10,12,16H,3,5,7,9H2,1-2H3,(H,15,17). The predicted octanol–water partition coefficient (Wildman–Crippen LogP) is 1.64. The SMILES string of the molecule is CCCC(COC)NC(=O)c1csc(C#CCO)c1. The smallest absolute Gasteiger partial charge is 0.252 e. The topological polar surface area (TPSA) is 58.6 Å². The van der Waals surface area contributed by atoms with Gasteiger partial charge >= 0.3 is 0 Å². The molecule has 104 valence electrons. The summed E-state index contributed by atoms with van der Waals surface area (Å²) < 4.78 is 5.09. The fourth-order valence-corrected chi connectivity index (χ4v) is 2.42. The van der Waals surface area contributed by atoms with Crippen molar-refractivity contribution in [1.29, 1.82) is 0 Å². The lowest BCUT2D eigenvalue weighted by atomic mass is 10.1. The summed E-state index contributed by atoms with van der Waals surface area (Å²) in [5.41, 5.74) is 0.601. The zero-order chi connectivity index (χ0) is 14.1. The van der Waals surface area contributed by atoms with Gasteiger partial charge in [-0.15, -0.1) is 11.3 Å². The largest absolute Gasteiger partial charge is 0.384 e. The highest BCUT2D eigenvalue weighted by Gasteiger charge is 2.14. The number of ether oxygens (including phenoxy) is 1. The first-order valence-corrected chi connectivity index (χ1v) is 7.07. The second-order valence-corrected chi connectivity index (χ2v) is 4.99. The van der Waals surface area contributed by atoms with Crippen LogP contribution in [0.4, 0.5) is 0 Å². The average Bonchev–Trinajstić information content (AvgIpc) is 2.85. The third-order valence-electron chi connectivity index (χ3n) is 2.49. The fourth-order valence-electron chi connectivity index (χ4n) is 1.66. The second-order valence-electron chi connectivity index (χ2n) is 4.07. The fraction of sp³-hybridized carbons (Fsp3) is 0.500. The lowest BCUT2D eigenvalue weighted by molar-refractivity contribution is 0.0892. The van der Waals surface area contributed by atoms with Crippen LogP contribution in [0.5, 0.6) is 0 Å². The van der Waals surface area contributed by atoms with Crippen LogP contribution in [0.25, 0.3) is 0 Å². The van der Waals surface area contributed by atoms with E-state index in [2.05, 4.69) is 24.1 Å². The first-order chi connectivity index (χ1) is 9.21. The van der Waals surface area contributed by atoms with Crippen molar-refractivity contribution in [3.63, 3.8) is 0 Å². The number of aliphatic hydroxyl groups is 1. The van der Waals surface area contributed by atoms with Gasteiger partial charge in [0.15, 0.2) is 0 Å². The molecule has 0 aliphatic heterocycles. The van der Waals surface area contributed by atoms with Crippen molar-refractivity contribution in [2.24, 2.45) is 0 Å². The van der Waals surface area contributed by atoms with E-state index in [0.29, 0.717) is 12.2 Å². The molecule has 0 saturated carbocycles. The van der Waals surface area contributed by atoms with Gasteiger partial charge in [0.25, 0.3) is 5.91 Å². The first kappa shape index (κ1) is 15.7. The molecular weight excluding hydrogens is 262 g/mol. The number of amides is 1. The predicted molar refractivity (Wildman–Crippen MR) is 76.3 cm³/mol. The molecule has 1 heterocycles. The number of hydrogen-bond donors (Lipinski definition) is 2. The molecular formula is C14H19NO3S. The van der Waals surface area contributed by atoms with Gasteiger partial charge in [-0.25, -0.2) is 0 Å². The van der Waals surface area contributed by atoms with Crippen molar-refractivity contribution in [1.82, 2.24) is 5.32 Å². The van der Waals surface area contributed by atoms with Gasteiger partial charge in [0.05, 0.1) is 23.1 Å². The Balaban J connectivity index is 2.63. The lowest BCUT2D eigenvalue weighted by Crippen LogP contribution is -2.37. The molecule has 5 heteroatoms. The molecule has 1 aromatic heterocycles. The van der Waals surface area contributed by atoms with E-state index < -0.39 is 0 Å². The third-order valence-corrected chi connectivity index (χ3v) is 3.34. The Hall–Kier alpha value is -1.35. The van der Waals surface area contributed by atoms with Crippen molar-refractivity contribution in [3.05, 3.63) is 21.9 Å². The van der Waals surface area contributed by atoms with E-state index >= 15 is 0 Å². The molecule has 1 amide bonds. The van der Waals surface area contributed by atoms with Crippen LogP contribution < -0.4 is 5.32 Å². The van der Waals surface area contributed by atoms with E-state index in [9.17, 15) is 4.79 Å². The molecule has 2 N–H and O–H groups in total. The molecule has 0 aliphatic carbocycles. The van der Waals surface area contributed by atoms with Crippen LogP contribution in [-0.4, -0.2) is 37.4 Å². The van der Waals surface area contributed by atoms with Crippen LogP contribution in [0.2, 0.25) is 0 Å². The van der Waals surface area contributed by atoms with Crippen molar-refractivity contribution >= 4 is 17.2 Å². The Morgan fingerprint density at radius 1 is 1.63 bits per heavy atom. The van der Waals surface area contributed by atoms with Gasteiger partial charge in [0, 0.05) is 12.5 Å². The Kier molecular flexibility index (Phi) is 7.19. The molecule has 1 unspecified atom stereocenters. The highest BCUT2D eigenvalue weighted by molar-refractivity contribution is 7.10. The van der Waals surface area contributed by atoms with E-state index in [0.717, 1.165) is 17.7 Å². The monoisotopic (exact) mass is 281 g/mol. The number of aliphatic hydroxyl groups excluding tert-OH is 1. The summed E-state index contributed by atoms with van der Waals surface area (Å²) >= 11 is 1.39. The van der Waals surface area contributed by atoms with Crippen molar-refractivity contribution in [2.45, 2.75) is 25.8 Å². The zero-order valence-electron chi connectivity index (χ0n) is 11.2. The van der Waals surface area contributed by atoms with Gasteiger partial charge in [-0.2, -0.15) is 0 Å². The minimum atomic E-state index is -0.175. The van der Waals surface area contributed by atoms with Crippen LogP contribution in [0.3, 0.4) is 0 Å². The first-order valence-electron chi connectivity index (χ1n) is 6.19. The van der Waals surface area contributed by atoms with E-state index in [4.69, 9.17) is 9.84 Å². The average molecular weight is 281 g/mol. The number of carbonyl (C=O) groups is 1. The summed E-state index contributed by atoms with van der Waals surface area (Å²) in [6, 6.07) is 1.77. The molecule has 1 rings (SSSR count). The second kappa shape index (κ2) is 8.70. The molecule has 0 aromatic carbocycles. The van der Waals surface area contributed by atoms with Gasteiger partial charge in [0.2, 0.25) is 0 Å². The molecule has 0 aliphatic rings. The molecule has 19 heavy (non-hydrogen) atoms. The number of thiophene rings is 1. The maximum absolute atomic E-state index is 12.0. The molecule has 0 fully saturated rings. The molecule has 4 nitrogen and oxygen atoms in total. The summed E-state index contributed by atoms with van der Waals surface area (Å²) in [4.78, 5) is 12.8. The lowest BCUT2D eigenvalue weighted by Gasteiger charge is -2.16. The normalized spacial score (nSPS) is 11.5. The van der Waals surface area contributed by atoms with E-state index in [1.165, 1.54) is 11.3 Å². The Bertz CT molecular complexity index is 453. The van der Waals surface area contributed by atoms with Crippen molar-refractivity contribution < 1.29 is 14.6 Å². The quantitative estimate of drug-likeness (QED) is 0.779. The highest BCUT2D eigenvalue weighted by atomic mass is 32.1. The van der Waals surface area contributed by atoms with Gasteiger partial charge < -0.3 is 15.2 Å². The van der Waals surface area contributed by atoms with Crippen LogP contribution >= 0.6 is 11.3 Å². The van der Waals surface area contributed by atoms with Crippen molar-refractivity contribution in [3.8, 4) is 11.8 Å². The third kappa shape index (κ3) is 5.43. The van der Waals surface area contributed by atoms with Gasteiger partial charge in [-0.05, 0) is 12.5 Å². The summed E-state index contributed by atoms with van der Waals surface area (Å²) in [6.07, 6.45) is 1.88. The Labute approximate surface area is 117 Å². The van der Waals surface area contributed by atoms with E-state index in [1.807, 2.05) is 0 Å². The van der Waals surface area contributed by atoms with E-state index in [1.54, 1.807) is 18.6 Å². The number of hydrogen-bond acceptors (Lipinski definition) is 4. The summed E-state index contributed by atoms with van der Waals surface area (Å²) in [7, 11) is 1.63. The Morgan fingerprint density at radius 2 is 2.42 bits per heavy atom. The molecule has 1 aromatic rings. The van der Waals surface area contributed by atoms with Gasteiger partial charge in [-0.1, -0.05) is 25.2 Å².